The predicted octanol–water partition coefficient (Wildman–Crippen LogP) is 6.22. The molecule has 1 aliphatic carbocycles. The molecule has 0 radical (unpaired) electrons. The highest BCUT2D eigenvalue weighted by molar-refractivity contribution is 5.29. The summed E-state index contributed by atoms with van der Waals surface area (Å²) in [5.74, 6) is -1.67. The molecule has 2 rings (SSSR count). The number of ether oxygens (including phenoxy) is 1. The van der Waals surface area contributed by atoms with Gasteiger partial charge in [0, 0.05) is 12.2 Å². The quantitative estimate of drug-likeness (QED) is 0.594. The maximum Gasteiger partial charge on any atom is 0.391 e. The molecule has 0 atom stereocenters. The maximum absolute atomic E-state index is 14.4. The lowest BCUT2D eigenvalue weighted by Gasteiger charge is -2.30. The number of rotatable bonds is 4. The van der Waals surface area contributed by atoms with E-state index in [0.717, 1.165) is 0 Å². The van der Waals surface area contributed by atoms with Gasteiger partial charge in [0.25, 0.3) is 0 Å². The number of hydrogen-bond donors (Lipinski definition) is 0. The standard InChI is InChI=1S/C16H20F4O.C2H6/c1-2-21-10-12-4-3-5-14(15(12)17)11-6-8-13(9-7-11)16(18,19)20;1-2/h3-5,11,13H,2,6-10H2,1H3;1-2H3. The monoisotopic (exact) mass is 334 g/mol. The fourth-order valence-corrected chi connectivity index (χ4v) is 2.97. The van der Waals surface area contributed by atoms with Gasteiger partial charge >= 0.3 is 6.18 Å². The van der Waals surface area contributed by atoms with Crippen molar-refractivity contribution in [2.75, 3.05) is 6.61 Å². The average Bonchev–Trinajstić information content (AvgIpc) is 2.55. The van der Waals surface area contributed by atoms with Crippen LogP contribution in [0.2, 0.25) is 0 Å². The third-order valence-corrected chi connectivity index (χ3v) is 4.20. The van der Waals surface area contributed by atoms with Crippen LogP contribution in [0.15, 0.2) is 18.2 Å². The van der Waals surface area contributed by atoms with Crippen LogP contribution in [-0.2, 0) is 11.3 Å². The summed E-state index contributed by atoms with van der Waals surface area (Å²) in [4.78, 5) is 0. The second kappa shape index (κ2) is 9.26. The summed E-state index contributed by atoms with van der Waals surface area (Å²) in [5, 5.41) is 0. The second-order valence-corrected chi connectivity index (χ2v) is 5.55. The van der Waals surface area contributed by atoms with Crippen LogP contribution in [0.1, 0.15) is 63.5 Å². The van der Waals surface area contributed by atoms with Gasteiger partial charge < -0.3 is 4.74 Å². The van der Waals surface area contributed by atoms with Crippen LogP contribution < -0.4 is 0 Å². The zero-order valence-corrected chi connectivity index (χ0v) is 14.0. The van der Waals surface area contributed by atoms with Crippen LogP contribution in [-0.4, -0.2) is 12.8 Å². The van der Waals surface area contributed by atoms with Crippen molar-refractivity contribution in [2.24, 2.45) is 5.92 Å². The molecule has 1 aromatic rings. The lowest BCUT2D eigenvalue weighted by molar-refractivity contribution is -0.182. The molecule has 0 amide bonds. The van der Waals surface area contributed by atoms with Gasteiger partial charge in [-0.1, -0.05) is 32.0 Å². The average molecular weight is 334 g/mol. The summed E-state index contributed by atoms with van der Waals surface area (Å²) in [6.07, 6.45) is -3.18. The number of halogens is 4. The molecule has 1 nitrogen and oxygen atoms in total. The number of hydrogen-bond acceptors (Lipinski definition) is 1. The van der Waals surface area contributed by atoms with Crippen LogP contribution in [0.4, 0.5) is 17.6 Å². The Morgan fingerprint density at radius 2 is 1.70 bits per heavy atom. The first-order valence-corrected chi connectivity index (χ1v) is 8.35. The number of alkyl halides is 3. The fraction of sp³-hybridized carbons (Fsp3) is 0.667. The van der Waals surface area contributed by atoms with Crippen molar-refractivity contribution in [3.63, 3.8) is 0 Å². The minimum atomic E-state index is -4.12. The maximum atomic E-state index is 14.4. The first kappa shape index (κ1) is 19.9. The zero-order valence-electron chi connectivity index (χ0n) is 14.0. The Kier molecular flexibility index (Phi) is 8.03. The lowest BCUT2D eigenvalue weighted by atomic mass is 9.78. The highest BCUT2D eigenvalue weighted by Gasteiger charge is 2.41. The molecule has 0 saturated heterocycles. The van der Waals surface area contributed by atoms with Crippen molar-refractivity contribution in [1.82, 2.24) is 0 Å². The molecule has 1 aromatic carbocycles. The van der Waals surface area contributed by atoms with Gasteiger partial charge in [0.1, 0.15) is 5.82 Å². The normalized spacial score (nSPS) is 21.5. The van der Waals surface area contributed by atoms with Gasteiger partial charge in [-0.2, -0.15) is 13.2 Å². The second-order valence-electron chi connectivity index (χ2n) is 5.55. The minimum Gasteiger partial charge on any atom is -0.377 e. The Morgan fingerprint density at radius 1 is 1.09 bits per heavy atom. The first-order chi connectivity index (χ1) is 10.9. The Labute approximate surface area is 136 Å². The SMILES string of the molecule is CC.CCOCc1cccc(C2CCC(C(F)(F)F)CC2)c1F. The van der Waals surface area contributed by atoms with E-state index in [1.807, 2.05) is 20.8 Å². The molecule has 0 aromatic heterocycles. The van der Waals surface area contributed by atoms with Gasteiger partial charge in [-0.15, -0.1) is 0 Å². The summed E-state index contributed by atoms with van der Waals surface area (Å²) in [6, 6.07) is 5.10. The molecule has 0 unspecified atom stereocenters. The largest absolute Gasteiger partial charge is 0.391 e. The molecular weight excluding hydrogens is 308 g/mol. The Morgan fingerprint density at radius 3 is 2.22 bits per heavy atom. The van der Waals surface area contributed by atoms with Gasteiger partial charge in [0.15, 0.2) is 0 Å². The Hall–Kier alpha value is -1.10. The third kappa shape index (κ3) is 5.48. The lowest BCUT2D eigenvalue weighted by Crippen LogP contribution is -2.27. The van der Waals surface area contributed by atoms with Crippen LogP contribution in [0.3, 0.4) is 0 Å². The molecule has 0 N–H and O–H groups in total. The molecular formula is C18H26F4O. The highest BCUT2D eigenvalue weighted by atomic mass is 19.4. The van der Waals surface area contributed by atoms with Gasteiger partial charge in [-0.05, 0) is 44.1 Å². The smallest absolute Gasteiger partial charge is 0.377 e. The molecule has 0 bridgehead atoms. The summed E-state index contributed by atoms with van der Waals surface area (Å²) in [7, 11) is 0. The van der Waals surface area contributed by atoms with Crippen LogP contribution >= 0.6 is 0 Å². The molecule has 1 fully saturated rings. The van der Waals surface area contributed by atoms with E-state index in [0.29, 0.717) is 30.6 Å². The summed E-state index contributed by atoms with van der Waals surface area (Å²) < 4.78 is 57.6. The van der Waals surface area contributed by atoms with Crippen molar-refractivity contribution in [3.05, 3.63) is 35.1 Å². The molecule has 132 valence electrons. The van der Waals surface area contributed by atoms with Crippen molar-refractivity contribution < 1.29 is 22.3 Å². The van der Waals surface area contributed by atoms with E-state index in [1.165, 1.54) is 0 Å². The van der Waals surface area contributed by atoms with E-state index < -0.39 is 12.1 Å². The third-order valence-electron chi connectivity index (χ3n) is 4.20. The Bertz CT molecular complexity index is 463. The van der Waals surface area contributed by atoms with E-state index in [4.69, 9.17) is 4.74 Å². The summed E-state index contributed by atoms with van der Waals surface area (Å²) in [6.45, 7) is 6.54. The molecule has 23 heavy (non-hydrogen) atoms. The van der Waals surface area contributed by atoms with Gasteiger partial charge in [-0.3, -0.25) is 0 Å². The van der Waals surface area contributed by atoms with Gasteiger partial charge in [-0.25, -0.2) is 4.39 Å². The van der Waals surface area contributed by atoms with E-state index in [9.17, 15) is 17.6 Å². The molecule has 1 aliphatic rings. The van der Waals surface area contributed by atoms with Crippen LogP contribution in [0.25, 0.3) is 0 Å². The van der Waals surface area contributed by atoms with E-state index in [2.05, 4.69) is 0 Å². The number of benzene rings is 1. The summed E-state index contributed by atoms with van der Waals surface area (Å²) in [5.41, 5.74) is 1.01. The van der Waals surface area contributed by atoms with E-state index in [1.54, 1.807) is 18.2 Å². The van der Waals surface area contributed by atoms with Crippen molar-refractivity contribution in [1.29, 1.82) is 0 Å². The molecule has 5 heteroatoms. The van der Waals surface area contributed by atoms with E-state index in [-0.39, 0.29) is 31.2 Å². The Balaban J connectivity index is 0.00000127. The fourth-order valence-electron chi connectivity index (χ4n) is 2.97. The molecule has 0 spiro atoms. The molecule has 1 saturated carbocycles. The van der Waals surface area contributed by atoms with Gasteiger partial charge in [0.05, 0.1) is 12.5 Å². The van der Waals surface area contributed by atoms with Crippen molar-refractivity contribution >= 4 is 0 Å². The topological polar surface area (TPSA) is 9.23 Å². The van der Waals surface area contributed by atoms with Crippen molar-refractivity contribution in [3.8, 4) is 0 Å². The van der Waals surface area contributed by atoms with Crippen molar-refractivity contribution in [2.45, 2.75) is 65.2 Å². The molecule has 0 heterocycles. The minimum absolute atomic E-state index is 0.0866. The van der Waals surface area contributed by atoms with Gasteiger partial charge in [0.2, 0.25) is 0 Å². The predicted molar refractivity (Wildman–Crippen MR) is 83.8 cm³/mol. The van der Waals surface area contributed by atoms with Crippen LogP contribution in [0, 0.1) is 11.7 Å². The van der Waals surface area contributed by atoms with E-state index >= 15 is 0 Å². The zero-order chi connectivity index (χ0) is 17.5. The first-order valence-electron chi connectivity index (χ1n) is 8.35. The molecule has 0 aliphatic heterocycles. The highest BCUT2D eigenvalue weighted by Crippen LogP contribution is 2.43. The summed E-state index contributed by atoms with van der Waals surface area (Å²) >= 11 is 0. The van der Waals surface area contributed by atoms with Crippen LogP contribution in [0.5, 0.6) is 0 Å².